The standard InChI is InChI=1S/C21H25N3O3S/c1-4-24(5-2)28(26,27)17-11-10-15(3)20(13-17)23-21(25)12-16-14-22-19-9-7-6-8-18(16)19/h6-11,13-14,22H,4-5,12H2,1-3H3,(H,23,25). The third kappa shape index (κ3) is 3.95. The van der Waals surface area contributed by atoms with Crippen molar-refractivity contribution < 1.29 is 13.2 Å². The quantitative estimate of drug-likeness (QED) is 0.636. The zero-order valence-corrected chi connectivity index (χ0v) is 17.1. The summed E-state index contributed by atoms with van der Waals surface area (Å²) in [6.07, 6.45) is 2.04. The van der Waals surface area contributed by atoms with E-state index in [0.29, 0.717) is 18.8 Å². The Morgan fingerprint density at radius 1 is 1.11 bits per heavy atom. The molecule has 1 amide bonds. The first-order valence-electron chi connectivity index (χ1n) is 9.32. The zero-order chi connectivity index (χ0) is 20.3. The van der Waals surface area contributed by atoms with Crippen molar-refractivity contribution in [3.8, 4) is 0 Å². The highest BCUT2D eigenvalue weighted by Crippen LogP contribution is 2.24. The lowest BCUT2D eigenvalue weighted by atomic mass is 10.1. The van der Waals surface area contributed by atoms with Crippen molar-refractivity contribution in [2.45, 2.75) is 32.1 Å². The van der Waals surface area contributed by atoms with Gasteiger partial charge in [0.2, 0.25) is 15.9 Å². The van der Waals surface area contributed by atoms with Gasteiger partial charge >= 0.3 is 0 Å². The number of aromatic amines is 1. The molecule has 0 saturated carbocycles. The van der Waals surface area contributed by atoms with Gasteiger partial charge in [0.05, 0.1) is 11.3 Å². The van der Waals surface area contributed by atoms with E-state index in [1.54, 1.807) is 26.0 Å². The van der Waals surface area contributed by atoms with Crippen molar-refractivity contribution in [3.05, 3.63) is 59.8 Å². The van der Waals surface area contributed by atoms with Gasteiger partial charge < -0.3 is 10.3 Å². The number of nitrogens with one attached hydrogen (secondary N) is 2. The van der Waals surface area contributed by atoms with Gasteiger partial charge in [-0.25, -0.2) is 8.42 Å². The second-order valence-electron chi connectivity index (χ2n) is 6.65. The van der Waals surface area contributed by atoms with Crippen molar-refractivity contribution >= 4 is 32.5 Å². The summed E-state index contributed by atoms with van der Waals surface area (Å²) in [5.41, 5.74) is 3.20. The van der Waals surface area contributed by atoms with Gasteiger partial charge in [-0.1, -0.05) is 38.1 Å². The van der Waals surface area contributed by atoms with Gasteiger partial charge in [-0.15, -0.1) is 0 Å². The van der Waals surface area contributed by atoms with Crippen LogP contribution in [0.1, 0.15) is 25.0 Å². The minimum atomic E-state index is -3.58. The monoisotopic (exact) mass is 399 g/mol. The summed E-state index contributed by atoms with van der Waals surface area (Å²) in [5, 5.41) is 3.87. The molecule has 0 unspecified atom stereocenters. The molecular formula is C21H25N3O3S. The minimum absolute atomic E-state index is 0.184. The van der Waals surface area contributed by atoms with Crippen LogP contribution in [-0.4, -0.2) is 36.7 Å². The number of carbonyl (C=O) groups excluding carboxylic acids is 1. The number of hydrogen-bond donors (Lipinski definition) is 2. The molecule has 1 heterocycles. The number of sulfonamides is 1. The number of H-pyrrole nitrogens is 1. The molecule has 0 aliphatic rings. The number of aromatic nitrogens is 1. The highest BCUT2D eigenvalue weighted by Gasteiger charge is 2.22. The van der Waals surface area contributed by atoms with Crippen molar-refractivity contribution in [1.82, 2.24) is 9.29 Å². The van der Waals surface area contributed by atoms with Gasteiger partial charge in [-0.3, -0.25) is 4.79 Å². The molecule has 3 aromatic rings. The molecule has 7 heteroatoms. The van der Waals surface area contributed by atoms with Crippen molar-refractivity contribution in [1.29, 1.82) is 0 Å². The molecule has 3 rings (SSSR count). The van der Waals surface area contributed by atoms with E-state index in [1.807, 2.05) is 37.4 Å². The summed E-state index contributed by atoms with van der Waals surface area (Å²) >= 11 is 0. The molecule has 0 radical (unpaired) electrons. The molecule has 2 aromatic carbocycles. The van der Waals surface area contributed by atoms with Crippen molar-refractivity contribution in [2.24, 2.45) is 0 Å². The number of para-hydroxylation sites is 1. The van der Waals surface area contributed by atoms with Crippen molar-refractivity contribution in [2.75, 3.05) is 18.4 Å². The van der Waals surface area contributed by atoms with E-state index in [4.69, 9.17) is 0 Å². The Hall–Kier alpha value is -2.64. The summed E-state index contributed by atoms with van der Waals surface area (Å²) in [6.45, 7) is 6.25. The second kappa shape index (κ2) is 8.16. The Morgan fingerprint density at radius 2 is 1.82 bits per heavy atom. The number of fused-ring (bicyclic) bond motifs is 1. The molecule has 2 N–H and O–H groups in total. The van der Waals surface area contributed by atoms with E-state index < -0.39 is 10.0 Å². The van der Waals surface area contributed by atoms with Gasteiger partial charge in [-0.05, 0) is 36.2 Å². The van der Waals surface area contributed by atoms with Crippen LogP contribution in [0.4, 0.5) is 5.69 Å². The maximum atomic E-state index is 12.8. The van der Waals surface area contributed by atoms with Crippen LogP contribution in [0.5, 0.6) is 0 Å². The molecular weight excluding hydrogens is 374 g/mol. The maximum absolute atomic E-state index is 12.8. The van der Waals surface area contributed by atoms with Gasteiger partial charge in [0.25, 0.3) is 0 Å². The number of benzene rings is 2. The van der Waals surface area contributed by atoms with Crippen LogP contribution in [0.25, 0.3) is 10.9 Å². The average molecular weight is 400 g/mol. The molecule has 148 valence electrons. The molecule has 0 aliphatic heterocycles. The SMILES string of the molecule is CCN(CC)S(=O)(=O)c1ccc(C)c(NC(=O)Cc2c[nH]c3ccccc23)c1. The maximum Gasteiger partial charge on any atom is 0.243 e. The van der Waals surface area contributed by atoms with Gasteiger partial charge in [0.1, 0.15) is 0 Å². The predicted molar refractivity (Wildman–Crippen MR) is 112 cm³/mol. The lowest BCUT2D eigenvalue weighted by Gasteiger charge is -2.19. The molecule has 28 heavy (non-hydrogen) atoms. The first kappa shape index (κ1) is 20.1. The predicted octanol–water partition coefficient (Wildman–Crippen LogP) is 3.69. The van der Waals surface area contributed by atoms with Gasteiger partial charge in [0.15, 0.2) is 0 Å². The average Bonchev–Trinajstić information content (AvgIpc) is 3.07. The zero-order valence-electron chi connectivity index (χ0n) is 16.3. The second-order valence-corrected chi connectivity index (χ2v) is 8.59. The van der Waals surface area contributed by atoms with Crippen LogP contribution < -0.4 is 5.32 Å². The summed E-state index contributed by atoms with van der Waals surface area (Å²) < 4.78 is 26.9. The van der Waals surface area contributed by atoms with E-state index in [0.717, 1.165) is 22.0 Å². The van der Waals surface area contributed by atoms with Gasteiger partial charge in [-0.2, -0.15) is 4.31 Å². The molecule has 6 nitrogen and oxygen atoms in total. The topological polar surface area (TPSA) is 82.3 Å². The summed E-state index contributed by atoms with van der Waals surface area (Å²) in [7, 11) is -3.58. The smallest absolute Gasteiger partial charge is 0.243 e. The fourth-order valence-corrected chi connectivity index (χ4v) is 4.74. The third-order valence-electron chi connectivity index (χ3n) is 4.85. The first-order chi connectivity index (χ1) is 13.4. The Morgan fingerprint density at radius 3 is 2.54 bits per heavy atom. The highest BCUT2D eigenvalue weighted by atomic mass is 32.2. The largest absolute Gasteiger partial charge is 0.361 e. The van der Waals surface area contributed by atoms with Crippen LogP contribution in [-0.2, 0) is 21.2 Å². The van der Waals surface area contributed by atoms with Crippen LogP contribution in [0.2, 0.25) is 0 Å². The fraction of sp³-hybridized carbons (Fsp3) is 0.286. The number of rotatable bonds is 7. The normalized spacial score (nSPS) is 11.9. The number of anilines is 1. The summed E-state index contributed by atoms with van der Waals surface area (Å²) in [5.74, 6) is -0.190. The van der Waals surface area contributed by atoms with E-state index in [-0.39, 0.29) is 17.2 Å². The Balaban J connectivity index is 1.83. The molecule has 0 atom stereocenters. The van der Waals surface area contributed by atoms with Crippen LogP contribution in [0, 0.1) is 6.92 Å². The molecule has 1 aromatic heterocycles. The Bertz CT molecular complexity index is 1100. The molecule has 0 bridgehead atoms. The molecule has 0 fully saturated rings. The highest BCUT2D eigenvalue weighted by molar-refractivity contribution is 7.89. The number of carbonyl (C=O) groups is 1. The third-order valence-corrected chi connectivity index (χ3v) is 6.90. The lowest BCUT2D eigenvalue weighted by molar-refractivity contribution is -0.115. The van der Waals surface area contributed by atoms with E-state index in [9.17, 15) is 13.2 Å². The molecule has 0 spiro atoms. The number of hydrogen-bond acceptors (Lipinski definition) is 3. The van der Waals surface area contributed by atoms with E-state index in [2.05, 4.69) is 10.3 Å². The van der Waals surface area contributed by atoms with Crippen molar-refractivity contribution in [3.63, 3.8) is 0 Å². The Labute approximate surface area is 165 Å². The van der Waals surface area contributed by atoms with Crippen LogP contribution in [0.3, 0.4) is 0 Å². The van der Waals surface area contributed by atoms with E-state index >= 15 is 0 Å². The number of aryl methyl sites for hydroxylation is 1. The van der Waals surface area contributed by atoms with Crippen LogP contribution in [0.15, 0.2) is 53.6 Å². The number of amides is 1. The first-order valence-corrected chi connectivity index (χ1v) is 10.8. The number of nitrogens with zero attached hydrogens (tertiary/aromatic N) is 1. The van der Waals surface area contributed by atoms with E-state index in [1.165, 1.54) is 10.4 Å². The van der Waals surface area contributed by atoms with Gasteiger partial charge in [0, 0.05) is 35.9 Å². The lowest BCUT2D eigenvalue weighted by Crippen LogP contribution is -2.30. The minimum Gasteiger partial charge on any atom is -0.361 e. The summed E-state index contributed by atoms with van der Waals surface area (Å²) in [6, 6.07) is 12.6. The summed E-state index contributed by atoms with van der Waals surface area (Å²) in [4.78, 5) is 15.9. The molecule has 0 saturated heterocycles. The fourth-order valence-electron chi connectivity index (χ4n) is 3.25. The molecule has 0 aliphatic carbocycles. The Kier molecular flexibility index (Phi) is 5.86. The van der Waals surface area contributed by atoms with Crippen LogP contribution >= 0.6 is 0 Å².